The van der Waals surface area contributed by atoms with Crippen molar-refractivity contribution in [3.8, 4) is 0 Å². The van der Waals surface area contributed by atoms with E-state index in [1.807, 2.05) is 20.8 Å². The van der Waals surface area contributed by atoms with Gasteiger partial charge in [-0.15, -0.1) is 4.72 Å². The van der Waals surface area contributed by atoms with Crippen LogP contribution in [0.3, 0.4) is 0 Å². The molecular weight excluding hydrogens is 305 g/mol. The van der Waals surface area contributed by atoms with Gasteiger partial charge in [-0.2, -0.15) is 0 Å². The Labute approximate surface area is 133 Å². The van der Waals surface area contributed by atoms with Crippen LogP contribution in [0.25, 0.3) is 0 Å². The van der Waals surface area contributed by atoms with E-state index < -0.39 is 27.6 Å². The number of hydrogen-bond donors (Lipinski definition) is 1. The first-order valence-electron chi connectivity index (χ1n) is 7.23. The van der Waals surface area contributed by atoms with Gasteiger partial charge < -0.3 is 9.29 Å². The number of esters is 1. The Hall–Kier alpha value is -1.11. The largest absolute Gasteiger partial charge is 0.598 e. The molecule has 0 aliphatic heterocycles. The molecule has 1 aromatic rings. The van der Waals surface area contributed by atoms with E-state index >= 15 is 0 Å². The highest BCUT2D eigenvalue weighted by molar-refractivity contribution is 7.90. The molecule has 2 atom stereocenters. The summed E-state index contributed by atoms with van der Waals surface area (Å²) < 4.78 is 33.6. The van der Waals surface area contributed by atoms with Crippen molar-refractivity contribution in [1.29, 1.82) is 0 Å². The molecule has 2 rings (SSSR count). The lowest BCUT2D eigenvalue weighted by atomic mass is 9.89. The van der Waals surface area contributed by atoms with Gasteiger partial charge in [-0.05, 0) is 56.9 Å². The van der Waals surface area contributed by atoms with Crippen LogP contribution in [0, 0.1) is 5.82 Å². The zero-order chi connectivity index (χ0) is 16.5. The fraction of sp³-hybridized carbons (Fsp3) is 0.562. The van der Waals surface area contributed by atoms with Gasteiger partial charge in [-0.3, -0.25) is 4.79 Å². The topological polar surface area (TPSA) is 61.4 Å². The van der Waals surface area contributed by atoms with Crippen LogP contribution in [-0.4, -0.2) is 22.4 Å². The highest BCUT2D eigenvalue weighted by Crippen LogP contribution is 2.41. The molecule has 1 N–H and O–H groups in total. The Morgan fingerprint density at radius 2 is 2.18 bits per heavy atom. The number of fused-ring (bicyclic) bond motifs is 1. The summed E-state index contributed by atoms with van der Waals surface area (Å²) in [7, 11) is 1.32. The summed E-state index contributed by atoms with van der Waals surface area (Å²) in [4.78, 5) is 11.8. The van der Waals surface area contributed by atoms with Gasteiger partial charge in [0.2, 0.25) is 0 Å². The molecular formula is C16H22FNO3S. The SMILES string of the molecule is COC(=O)C[C@@]1(N[S@+]([O-])C(C)(C)C)CCc2ccc(F)cc21. The zero-order valence-corrected chi connectivity index (χ0v) is 14.2. The maximum absolute atomic E-state index is 13.7. The summed E-state index contributed by atoms with van der Waals surface area (Å²) in [6.07, 6.45) is 1.32. The standard InChI is InChI=1S/C16H22FNO3S/c1-15(2,3)22(20)18-16(10-14(19)21-4)8-7-11-5-6-12(17)9-13(11)16/h5-6,9,18H,7-8,10H2,1-4H3/t16-,22+/m0/s1. The number of methoxy groups -OCH3 is 1. The molecule has 1 aliphatic rings. The average Bonchev–Trinajstić information content (AvgIpc) is 2.76. The number of carbonyl (C=O) groups is 1. The summed E-state index contributed by atoms with van der Waals surface area (Å²) in [5.41, 5.74) is 0.835. The minimum atomic E-state index is -1.38. The summed E-state index contributed by atoms with van der Waals surface area (Å²) in [5.74, 6) is -0.770. The monoisotopic (exact) mass is 327 g/mol. The van der Waals surface area contributed by atoms with Gasteiger partial charge in [0.05, 0.1) is 19.1 Å². The number of halogens is 1. The normalized spacial score (nSPS) is 22.3. The van der Waals surface area contributed by atoms with E-state index in [-0.39, 0.29) is 12.2 Å². The molecule has 6 heteroatoms. The molecule has 0 heterocycles. The van der Waals surface area contributed by atoms with Gasteiger partial charge in [0.15, 0.2) is 0 Å². The molecule has 4 nitrogen and oxygen atoms in total. The highest BCUT2D eigenvalue weighted by atomic mass is 32.2. The van der Waals surface area contributed by atoms with Crippen LogP contribution in [0.5, 0.6) is 0 Å². The summed E-state index contributed by atoms with van der Waals surface area (Å²) in [6, 6.07) is 4.57. The van der Waals surface area contributed by atoms with Gasteiger partial charge in [-0.25, -0.2) is 4.39 Å². The van der Waals surface area contributed by atoms with Crippen molar-refractivity contribution < 1.29 is 18.5 Å². The van der Waals surface area contributed by atoms with Gasteiger partial charge in [-0.1, -0.05) is 6.07 Å². The molecule has 1 aliphatic carbocycles. The average molecular weight is 327 g/mol. The Morgan fingerprint density at radius 3 is 2.77 bits per heavy atom. The van der Waals surface area contributed by atoms with E-state index in [9.17, 15) is 13.7 Å². The van der Waals surface area contributed by atoms with E-state index in [4.69, 9.17) is 4.74 Å². The molecule has 0 unspecified atom stereocenters. The van der Waals surface area contributed by atoms with Gasteiger partial charge >= 0.3 is 5.97 Å². The molecule has 0 fully saturated rings. The summed E-state index contributed by atoms with van der Waals surface area (Å²) >= 11 is -1.38. The minimum absolute atomic E-state index is 0.0295. The lowest BCUT2D eigenvalue weighted by Gasteiger charge is -2.34. The van der Waals surface area contributed by atoms with Crippen molar-refractivity contribution in [2.75, 3.05) is 7.11 Å². The van der Waals surface area contributed by atoms with Crippen molar-refractivity contribution in [1.82, 2.24) is 4.72 Å². The first-order valence-corrected chi connectivity index (χ1v) is 8.38. The number of hydrogen-bond acceptors (Lipinski definition) is 4. The molecule has 0 saturated carbocycles. The van der Waals surface area contributed by atoms with Gasteiger partial charge in [0.25, 0.3) is 0 Å². The van der Waals surface area contributed by atoms with Crippen molar-refractivity contribution in [2.45, 2.75) is 50.3 Å². The molecule has 0 bridgehead atoms. The van der Waals surface area contributed by atoms with Crippen LogP contribution >= 0.6 is 0 Å². The zero-order valence-electron chi connectivity index (χ0n) is 13.4. The smallest absolute Gasteiger partial charge is 0.307 e. The molecule has 0 radical (unpaired) electrons. The van der Waals surface area contributed by atoms with Gasteiger partial charge in [0, 0.05) is 11.4 Å². The molecule has 0 spiro atoms. The van der Waals surface area contributed by atoms with Crippen LogP contribution in [0.15, 0.2) is 18.2 Å². The quantitative estimate of drug-likeness (QED) is 0.682. The van der Waals surface area contributed by atoms with Crippen molar-refractivity contribution in [3.63, 3.8) is 0 Å². The number of nitrogens with one attached hydrogen (secondary N) is 1. The van der Waals surface area contributed by atoms with Crippen LogP contribution in [0.2, 0.25) is 0 Å². The predicted molar refractivity (Wildman–Crippen MR) is 84.1 cm³/mol. The van der Waals surface area contributed by atoms with E-state index in [0.717, 1.165) is 5.56 Å². The van der Waals surface area contributed by atoms with Crippen LogP contribution in [-0.2, 0) is 32.9 Å². The molecule has 0 amide bonds. The van der Waals surface area contributed by atoms with E-state index in [0.29, 0.717) is 18.4 Å². The van der Waals surface area contributed by atoms with Gasteiger partial charge in [0.1, 0.15) is 10.6 Å². The number of ether oxygens (including phenoxy) is 1. The fourth-order valence-corrected chi connectivity index (χ4v) is 3.61. The molecule has 22 heavy (non-hydrogen) atoms. The number of rotatable bonds is 4. The van der Waals surface area contributed by atoms with Crippen molar-refractivity contribution >= 4 is 17.3 Å². The molecule has 122 valence electrons. The molecule has 0 aromatic heterocycles. The van der Waals surface area contributed by atoms with Crippen molar-refractivity contribution in [2.24, 2.45) is 0 Å². The maximum Gasteiger partial charge on any atom is 0.307 e. The third-order valence-corrected chi connectivity index (χ3v) is 5.62. The van der Waals surface area contributed by atoms with E-state index in [1.54, 1.807) is 6.07 Å². The third-order valence-electron chi connectivity index (χ3n) is 3.93. The van der Waals surface area contributed by atoms with E-state index in [2.05, 4.69) is 4.72 Å². The molecule has 0 saturated heterocycles. The number of benzene rings is 1. The number of aryl methyl sites for hydroxylation is 1. The highest BCUT2D eigenvalue weighted by Gasteiger charge is 2.46. The molecule has 1 aromatic carbocycles. The maximum atomic E-state index is 13.7. The van der Waals surface area contributed by atoms with Crippen LogP contribution < -0.4 is 4.72 Å². The lowest BCUT2D eigenvalue weighted by molar-refractivity contribution is -0.142. The summed E-state index contributed by atoms with van der Waals surface area (Å²) in [5, 5.41) is 0. The fourth-order valence-electron chi connectivity index (χ4n) is 2.67. The Morgan fingerprint density at radius 1 is 1.50 bits per heavy atom. The minimum Gasteiger partial charge on any atom is -0.598 e. The van der Waals surface area contributed by atoms with Crippen LogP contribution in [0.4, 0.5) is 4.39 Å². The Balaban J connectivity index is 2.41. The second-order valence-corrected chi connectivity index (χ2v) is 8.59. The second kappa shape index (κ2) is 6.18. The second-order valence-electron chi connectivity index (χ2n) is 6.62. The first-order chi connectivity index (χ1) is 10.2. The third kappa shape index (κ3) is 3.45. The Kier molecular flexibility index (Phi) is 4.84. The van der Waals surface area contributed by atoms with E-state index in [1.165, 1.54) is 19.2 Å². The van der Waals surface area contributed by atoms with Crippen LogP contribution in [0.1, 0.15) is 44.7 Å². The Bertz CT molecular complexity index is 573. The first kappa shape index (κ1) is 17.2. The summed E-state index contributed by atoms with van der Waals surface area (Å²) in [6.45, 7) is 5.55. The van der Waals surface area contributed by atoms with Crippen molar-refractivity contribution in [3.05, 3.63) is 35.1 Å². The lowest BCUT2D eigenvalue weighted by Crippen LogP contribution is -2.51. The predicted octanol–water partition coefficient (Wildman–Crippen LogP) is 2.58. The number of carbonyl (C=O) groups excluding carboxylic acids is 1.